The number of para-hydroxylation sites is 1. The van der Waals surface area contributed by atoms with Crippen LogP contribution in [-0.2, 0) is 0 Å². The van der Waals surface area contributed by atoms with E-state index >= 15 is 0 Å². The molecule has 1 unspecified atom stereocenters. The Morgan fingerprint density at radius 1 is 0.786 bits per heavy atom. The molecule has 0 fully saturated rings. The Balaban J connectivity index is 1.66. The maximum Gasteiger partial charge on any atom is 0.266 e. The van der Waals surface area contributed by atoms with Crippen molar-refractivity contribution in [3.63, 3.8) is 0 Å². The summed E-state index contributed by atoms with van der Waals surface area (Å²) in [6.07, 6.45) is 0. The number of anilines is 1. The van der Waals surface area contributed by atoms with Crippen molar-refractivity contribution in [2.75, 3.05) is 4.90 Å². The molecule has 1 N–H and O–H groups in total. The lowest BCUT2D eigenvalue weighted by Crippen LogP contribution is -2.33. The monoisotopic (exact) mass is 370 g/mol. The summed E-state index contributed by atoms with van der Waals surface area (Å²) in [5.74, 6) is -1.18. The molecule has 1 aliphatic heterocycles. The number of hydrogen-bond acceptors (Lipinski definition) is 3. The van der Waals surface area contributed by atoms with Gasteiger partial charge in [-0.2, -0.15) is 0 Å². The van der Waals surface area contributed by atoms with Crippen LogP contribution in [0.3, 0.4) is 0 Å². The molecule has 5 nitrogen and oxygen atoms in total. The van der Waals surface area contributed by atoms with Gasteiger partial charge in [-0.3, -0.25) is 14.4 Å². The first-order valence-corrected chi connectivity index (χ1v) is 9.00. The van der Waals surface area contributed by atoms with E-state index in [9.17, 15) is 14.4 Å². The number of carbonyl (C=O) groups excluding carboxylic acids is 3. The first-order chi connectivity index (χ1) is 13.6. The van der Waals surface area contributed by atoms with Gasteiger partial charge in [-0.05, 0) is 36.8 Å². The van der Waals surface area contributed by atoms with Crippen LogP contribution in [0.15, 0.2) is 78.9 Å². The van der Waals surface area contributed by atoms with Crippen LogP contribution in [0.4, 0.5) is 5.69 Å². The van der Waals surface area contributed by atoms with Gasteiger partial charge in [0.25, 0.3) is 17.7 Å². The molecule has 0 aliphatic carbocycles. The van der Waals surface area contributed by atoms with Crippen LogP contribution in [0.2, 0.25) is 0 Å². The third-order valence-electron chi connectivity index (χ3n) is 4.83. The highest BCUT2D eigenvalue weighted by Crippen LogP contribution is 2.31. The molecule has 3 aromatic carbocycles. The summed E-state index contributed by atoms with van der Waals surface area (Å²) >= 11 is 0. The number of amides is 3. The largest absolute Gasteiger partial charge is 0.345 e. The van der Waals surface area contributed by atoms with Crippen molar-refractivity contribution in [2.45, 2.75) is 13.0 Å². The van der Waals surface area contributed by atoms with E-state index in [-0.39, 0.29) is 23.2 Å². The van der Waals surface area contributed by atoms with Crippen molar-refractivity contribution < 1.29 is 14.4 Å². The van der Waals surface area contributed by atoms with Crippen LogP contribution in [0.25, 0.3) is 0 Å². The lowest BCUT2D eigenvalue weighted by atomic mass is 10.1. The molecule has 1 heterocycles. The second-order valence-corrected chi connectivity index (χ2v) is 6.61. The fourth-order valence-corrected chi connectivity index (χ4v) is 3.37. The van der Waals surface area contributed by atoms with Crippen molar-refractivity contribution in [1.82, 2.24) is 5.32 Å². The van der Waals surface area contributed by atoms with Gasteiger partial charge in [0.15, 0.2) is 0 Å². The fraction of sp³-hybridized carbons (Fsp3) is 0.0870. The van der Waals surface area contributed by atoms with Gasteiger partial charge in [-0.15, -0.1) is 0 Å². The van der Waals surface area contributed by atoms with Gasteiger partial charge >= 0.3 is 0 Å². The Hall–Kier alpha value is -3.73. The molecular formula is C23H18N2O3. The van der Waals surface area contributed by atoms with Crippen molar-refractivity contribution in [2.24, 2.45) is 0 Å². The van der Waals surface area contributed by atoms with E-state index in [1.165, 1.54) is 0 Å². The summed E-state index contributed by atoms with van der Waals surface area (Å²) in [7, 11) is 0. The van der Waals surface area contributed by atoms with Gasteiger partial charge in [0.2, 0.25) is 0 Å². The van der Waals surface area contributed by atoms with Crippen LogP contribution in [-0.4, -0.2) is 17.7 Å². The van der Waals surface area contributed by atoms with Crippen LogP contribution in [0.1, 0.15) is 49.6 Å². The van der Waals surface area contributed by atoms with Gasteiger partial charge in [-0.1, -0.05) is 54.6 Å². The average molecular weight is 370 g/mol. The minimum Gasteiger partial charge on any atom is -0.345 e. The number of imide groups is 1. The van der Waals surface area contributed by atoms with E-state index in [2.05, 4.69) is 5.32 Å². The first-order valence-electron chi connectivity index (χ1n) is 9.00. The molecule has 0 aromatic heterocycles. The summed E-state index contributed by atoms with van der Waals surface area (Å²) in [6, 6.07) is 22.7. The Kier molecular flexibility index (Phi) is 4.49. The molecule has 0 spiro atoms. The smallest absolute Gasteiger partial charge is 0.266 e. The van der Waals surface area contributed by atoms with Crippen LogP contribution >= 0.6 is 0 Å². The van der Waals surface area contributed by atoms with E-state index in [4.69, 9.17) is 0 Å². The predicted octanol–water partition coefficient (Wildman–Crippen LogP) is 3.98. The molecule has 4 rings (SSSR count). The second-order valence-electron chi connectivity index (χ2n) is 6.61. The predicted molar refractivity (Wildman–Crippen MR) is 106 cm³/mol. The second kappa shape index (κ2) is 7.12. The van der Waals surface area contributed by atoms with Crippen molar-refractivity contribution in [3.05, 3.63) is 101 Å². The normalized spacial score (nSPS) is 14.0. The Morgan fingerprint density at radius 2 is 1.32 bits per heavy atom. The Morgan fingerprint density at radius 3 is 1.96 bits per heavy atom. The van der Waals surface area contributed by atoms with Gasteiger partial charge < -0.3 is 5.32 Å². The van der Waals surface area contributed by atoms with E-state index in [1.54, 1.807) is 48.5 Å². The van der Waals surface area contributed by atoms with Crippen LogP contribution in [0, 0.1) is 0 Å². The van der Waals surface area contributed by atoms with E-state index in [0.717, 1.165) is 10.5 Å². The molecule has 1 atom stereocenters. The number of fused-ring (bicyclic) bond motifs is 1. The highest BCUT2D eigenvalue weighted by Gasteiger charge is 2.38. The number of hydrogen-bond donors (Lipinski definition) is 1. The average Bonchev–Trinajstić information content (AvgIpc) is 2.99. The van der Waals surface area contributed by atoms with Gasteiger partial charge in [0.05, 0.1) is 28.4 Å². The first kappa shape index (κ1) is 17.7. The van der Waals surface area contributed by atoms with Crippen LogP contribution in [0.5, 0.6) is 0 Å². The maximum absolute atomic E-state index is 12.9. The van der Waals surface area contributed by atoms with Gasteiger partial charge in [0.1, 0.15) is 0 Å². The molecular weight excluding hydrogens is 352 g/mol. The zero-order valence-electron chi connectivity index (χ0n) is 15.3. The Labute approximate surface area is 162 Å². The standard InChI is InChI=1S/C23H18N2O3/c1-15(16-9-3-2-4-10-16)24-21(26)19-13-7-8-14-20(19)25-22(27)17-11-5-6-12-18(17)23(25)28/h2-15H,1H3,(H,24,26). The number of carbonyl (C=O) groups is 3. The number of benzene rings is 3. The van der Waals surface area contributed by atoms with Crippen molar-refractivity contribution in [1.29, 1.82) is 0 Å². The lowest BCUT2D eigenvalue weighted by Gasteiger charge is -2.20. The van der Waals surface area contributed by atoms with E-state index in [0.29, 0.717) is 11.1 Å². The molecule has 5 heteroatoms. The maximum atomic E-state index is 12.9. The molecule has 0 saturated carbocycles. The zero-order valence-corrected chi connectivity index (χ0v) is 15.3. The summed E-state index contributed by atoms with van der Waals surface area (Å²) in [5, 5.41) is 2.94. The molecule has 28 heavy (non-hydrogen) atoms. The number of rotatable bonds is 4. The minimum absolute atomic E-state index is 0.219. The van der Waals surface area contributed by atoms with Gasteiger partial charge in [-0.25, -0.2) is 4.90 Å². The zero-order chi connectivity index (χ0) is 19.7. The fourth-order valence-electron chi connectivity index (χ4n) is 3.37. The topological polar surface area (TPSA) is 66.5 Å². The van der Waals surface area contributed by atoms with Crippen molar-refractivity contribution in [3.8, 4) is 0 Å². The number of nitrogens with zero attached hydrogens (tertiary/aromatic N) is 1. The molecule has 0 bridgehead atoms. The third kappa shape index (κ3) is 2.97. The van der Waals surface area contributed by atoms with Crippen molar-refractivity contribution >= 4 is 23.4 Å². The highest BCUT2D eigenvalue weighted by molar-refractivity contribution is 6.35. The molecule has 3 aromatic rings. The molecule has 0 radical (unpaired) electrons. The van der Waals surface area contributed by atoms with E-state index < -0.39 is 11.8 Å². The third-order valence-corrected chi connectivity index (χ3v) is 4.83. The summed E-state index contributed by atoms with van der Waals surface area (Å²) < 4.78 is 0. The van der Waals surface area contributed by atoms with Gasteiger partial charge in [0, 0.05) is 0 Å². The summed E-state index contributed by atoms with van der Waals surface area (Å²) in [4.78, 5) is 39.6. The quantitative estimate of drug-likeness (QED) is 0.707. The van der Waals surface area contributed by atoms with E-state index in [1.807, 2.05) is 37.3 Å². The SMILES string of the molecule is CC(NC(=O)c1ccccc1N1C(=O)c2ccccc2C1=O)c1ccccc1. The molecule has 1 aliphatic rings. The number of nitrogens with one attached hydrogen (secondary N) is 1. The lowest BCUT2D eigenvalue weighted by molar-refractivity contribution is 0.0926. The Bertz CT molecular complexity index is 1040. The molecule has 3 amide bonds. The highest BCUT2D eigenvalue weighted by atomic mass is 16.2. The molecule has 138 valence electrons. The summed E-state index contributed by atoms with van der Waals surface area (Å²) in [6.45, 7) is 1.89. The minimum atomic E-state index is -0.419. The molecule has 0 saturated heterocycles. The van der Waals surface area contributed by atoms with Crippen LogP contribution < -0.4 is 10.2 Å². The summed E-state index contributed by atoms with van der Waals surface area (Å²) in [5.41, 5.74) is 2.22.